The molecule has 0 saturated heterocycles. The number of aromatic nitrogens is 4. The zero-order valence-electron chi connectivity index (χ0n) is 6.64. The van der Waals surface area contributed by atoms with E-state index in [-0.39, 0.29) is 0 Å². The van der Waals surface area contributed by atoms with E-state index in [2.05, 4.69) is 15.2 Å². The van der Waals surface area contributed by atoms with Crippen molar-refractivity contribution in [2.24, 2.45) is 0 Å². The van der Waals surface area contributed by atoms with Crippen molar-refractivity contribution < 1.29 is 4.74 Å². The van der Waals surface area contributed by atoms with Crippen molar-refractivity contribution in [3.63, 3.8) is 0 Å². The van der Waals surface area contributed by atoms with Gasteiger partial charge in [-0.3, -0.25) is 9.38 Å². The molecule has 0 radical (unpaired) electrons. The highest BCUT2D eigenvalue weighted by atomic mass is 16.5. The fourth-order valence-corrected chi connectivity index (χ4v) is 1.03. The van der Waals surface area contributed by atoms with E-state index < -0.39 is 0 Å². The van der Waals surface area contributed by atoms with Crippen LogP contribution in [0.25, 0.3) is 5.65 Å². The summed E-state index contributed by atoms with van der Waals surface area (Å²) in [6.07, 6.45) is 5.16. The van der Waals surface area contributed by atoms with Crippen LogP contribution in [0.15, 0.2) is 18.6 Å². The molecule has 0 atom stereocenters. The molecule has 12 heavy (non-hydrogen) atoms. The minimum Gasteiger partial charge on any atom is -0.377 e. The monoisotopic (exact) mass is 164 g/mol. The molecule has 0 aliphatic heterocycles. The SMILES string of the molecule is COCc1nnc2cnccn12. The molecule has 0 aromatic carbocycles. The second-order valence-electron chi connectivity index (χ2n) is 2.35. The Morgan fingerprint density at radius 2 is 2.42 bits per heavy atom. The maximum atomic E-state index is 4.95. The number of rotatable bonds is 2. The topological polar surface area (TPSA) is 52.3 Å². The van der Waals surface area contributed by atoms with Crippen LogP contribution >= 0.6 is 0 Å². The summed E-state index contributed by atoms with van der Waals surface area (Å²) in [5.41, 5.74) is 0.740. The summed E-state index contributed by atoms with van der Waals surface area (Å²) >= 11 is 0. The fourth-order valence-electron chi connectivity index (χ4n) is 1.03. The summed E-state index contributed by atoms with van der Waals surface area (Å²) in [4.78, 5) is 3.92. The van der Waals surface area contributed by atoms with Gasteiger partial charge in [-0.1, -0.05) is 0 Å². The zero-order valence-corrected chi connectivity index (χ0v) is 6.64. The Balaban J connectivity index is 2.55. The molecule has 2 heterocycles. The average Bonchev–Trinajstić information content (AvgIpc) is 2.50. The first-order chi connectivity index (χ1) is 5.92. The summed E-state index contributed by atoms with van der Waals surface area (Å²) in [5, 5.41) is 7.84. The molecular weight excluding hydrogens is 156 g/mol. The first kappa shape index (κ1) is 7.17. The molecule has 0 saturated carbocycles. The van der Waals surface area contributed by atoms with Gasteiger partial charge in [0.05, 0.1) is 6.20 Å². The molecule has 5 nitrogen and oxygen atoms in total. The van der Waals surface area contributed by atoms with Crippen molar-refractivity contribution in [1.82, 2.24) is 19.6 Å². The third kappa shape index (κ3) is 1.04. The molecule has 62 valence electrons. The van der Waals surface area contributed by atoms with Gasteiger partial charge in [-0.2, -0.15) is 0 Å². The van der Waals surface area contributed by atoms with Crippen molar-refractivity contribution in [1.29, 1.82) is 0 Å². The normalized spacial score (nSPS) is 10.8. The molecule has 0 amide bonds. The lowest BCUT2D eigenvalue weighted by molar-refractivity contribution is 0.177. The zero-order chi connectivity index (χ0) is 8.39. The lowest BCUT2D eigenvalue weighted by Crippen LogP contribution is -1.95. The van der Waals surface area contributed by atoms with E-state index in [1.165, 1.54) is 0 Å². The molecule has 2 aromatic rings. The molecule has 2 rings (SSSR count). The highest BCUT2D eigenvalue weighted by Crippen LogP contribution is 2.01. The van der Waals surface area contributed by atoms with Crippen LogP contribution in [-0.2, 0) is 11.3 Å². The number of fused-ring (bicyclic) bond motifs is 1. The van der Waals surface area contributed by atoms with Gasteiger partial charge in [0.25, 0.3) is 0 Å². The van der Waals surface area contributed by atoms with Crippen LogP contribution in [0.4, 0.5) is 0 Å². The van der Waals surface area contributed by atoms with E-state index in [4.69, 9.17) is 4.74 Å². The minimum absolute atomic E-state index is 0.463. The van der Waals surface area contributed by atoms with Crippen LogP contribution in [0, 0.1) is 0 Å². The first-order valence-corrected chi connectivity index (χ1v) is 3.54. The van der Waals surface area contributed by atoms with E-state index in [0.717, 1.165) is 11.5 Å². The van der Waals surface area contributed by atoms with Crippen molar-refractivity contribution >= 4 is 5.65 Å². The van der Waals surface area contributed by atoms with E-state index in [0.29, 0.717) is 6.61 Å². The molecule has 2 aromatic heterocycles. The van der Waals surface area contributed by atoms with Crippen molar-refractivity contribution in [2.75, 3.05) is 7.11 Å². The predicted molar refractivity (Wildman–Crippen MR) is 41.5 cm³/mol. The lowest BCUT2D eigenvalue weighted by Gasteiger charge is -1.95. The van der Waals surface area contributed by atoms with Gasteiger partial charge in [0.15, 0.2) is 11.5 Å². The fraction of sp³-hybridized carbons (Fsp3) is 0.286. The Labute approximate surface area is 69.0 Å². The van der Waals surface area contributed by atoms with E-state index in [9.17, 15) is 0 Å². The number of hydrogen-bond acceptors (Lipinski definition) is 4. The second-order valence-corrected chi connectivity index (χ2v) is 2.35. The molecule has 0 aliphatic rings. The highest BCUT2D eigenvalue weighted by Gasteiger charge is 2.02. The number of hydrogen-bond donors (Lipinski definition) is 0. The predicted octanol–water partition coefficient (Wildman–Crippen LogP) is 0.271. The standard InChI is InChI=1S/C7H8N4O/c1-12-5-7-10-9-6-4-8-2-3-11(6)7/h2-4H,5H2,1H3. The largest absolute Gasteiger partial charge is 0.377 e. The van der Waals surface area contributed by atoms with Crippen molar-refractivity contribution in [3.8, 4) is 0 Å². The average molecular weight is 164 g/mol. The van der Waals surface area contributed by atoms with Crippen LogP contribution < -0.4 is 0 Å². The maximum Gasteiger partial charge on any atom is 0.179 e. The van der Waals surface area contributed by atoms with Crippen LogP contribution in [0.1, 0.15) is 5.82 Å². The summed E-state index contributed by atoms with van der Waals surface area (Å²) < 4.78 is 6.79. The Hall–Kier alpha value is -1.49. The highest BCUT2D eigenvalue weighted by molar-refractivity contribution is 5.33. The summed E-state index contributed by atoms with van der Waals surface area (Å²) in [6.45, 7) is 0.463. The third-order valence-electron chi connectivity index (χ3n) is 1.56. The van der Waals surface area contributed by atoms with Crippen LogP contribution in [0.3, 0.4) is 0 Å². The molecule has 0 fully saturated rings. The Morgan fingerprint density at radius 1 is 1.50 bits per heavy atom. The summed E-state index contributed by atoms with van der Waals surface area (Å²) in [7, 11) is 1.63. The van der Waals surface area contributed by atoms with Crippen LogP contribution in [0.5, 0.6) is 0 Å². The maximum absolute atomic E-state index is 4.95. The quantitative estimate of drug-likeness (QED) is 0.639. The van der Waals surface area contributed by atoms with Gasteiger partial charge in [0, 0.05) is 19.5 Å². The van der Waals surface area contributed by atoms with Gasteiger partial charge in [-0.25, -0.2) is 0 Å². The summed E-state index contributed by atoms with van der Waals surface area (Å²) in [5.74, 6) is 0.787. The minimum atomic E-state index is 0.463. The summed E-state index contributed by atoms with van der Waals surface area (Å²) in [6, 6.07) is 0. The number of nitrogens with zero attached hydrogens (tertiary/aromatic N) is 4. The Kier molecular flexibility index (Phi) is 1.71. The van der Waals surface area contributed by atoms with Crippen LogP contribution in [-0.4, -0.2) is 26.7 Å². The number of methoxy groups -OCH3 is 1. The Bertz CT molecular complexity index is 384. The first-order valence-electron chi connectivity index (χ1n) is 3.54. The van der Waals surface area contributed by atoms with Crippen molar-refractivity contribution in [2.45, 2.75) is 6.61 Å². The van der Waals surface area contributed by atoms with Crippen LogP contribution in [0.2, 0.25) is 0 Å². The molecule has 0 spiro atoms. The van der Waals surface area contributed by atoms with Gasteiger partial charge in [-0.15, -0.1) is 10.2 Å². The molecule has 0 bridgehead atoms. The van der Waals surface area contributed by atoms with Gasteiger partial charge < -0.3 is 4.74 Å². The third-order valence-corrected chi connectivity index (χ3v) is 1.56. The molecule has 0 N–H and O–H groups in total. The lowest BCUT2D eigenvalue weighted by atomic mass is 10.6. The molecule has 5 heteroatoms. The molecular formula is C7H8N4O. The number of ether oxygens (including phenoxy) is 1. The van der Waals surface area contributed by atoms with Crippen molar-refractivity contribution in [3.05, 3.63) is 24.4 Å². The van der Waals surface area contributed by atoms with E-state index >= 15 is 0 Å². The molecule has 0 unspecified atom stereocenters. The van der Waals surface area contributed by atoms with Gasteiger partial charge in [0.1, 0.15) is 6.61 Å². The second kappa shape index (κ2) is 2.86. The van der Waals surface area contributed by atoms with Gasteiger partial charge in [-0.05, 0) is 0 Å². The smallest absolute Gasteiger partial charge is 0.179 e. The van der Waals surface area contributed by atoms with E-state index in [1.807, 2.05) is 10.6 Å². The van der Waals surface area contributed by atoms with Gasteiger partial charge in [0.2, 0.25) is 0 Å². The van der Waals surface area contributed by atoms with Gasteiger partial charge >= 0.3 is 0 Å². The Morgan fingerprint density at radius 3 is 3.25 bits per heavy atom. The molecule has 0 aliphatic carbocycles. The van der Waals surface area contributed by atoms with E-state index in [1.54, 1.807) is 19.5 Å².